The van der Waals surface area contributed by atoms with E-state index in [4.69, 9.17) is 10.5 Å². The number of carbonyl (C=O) groups excluding carboxylic acids is 1. The van der Waals surface area contributed by atoms with Gasteiger partial charge in [-0.1, -0.05) is 12.8 Å². The minimum absolute atomic E-state index is 0.0762. The van der Waals surface area contributed by atoms with Crippen LogP contribution >= 0.6 is 11.3 Å². The van der Waals surface area contributed by atoms with Gasteiger partial charge < -0.3 is 15.4 Å². The van der Waals surface area contributed by atoms with Gasteiger partial charge in [0.05, 0.1) is 7.11 Å². The summed E-state index contributed by atoms with van der Waals surface area (Å²) < 4.78 is 4.76. The molecular formula is C16H20N4O2S. The van der Waals surface area contributed by atoms with Crippen molar-refractivity contribution in [3.05, 3.63) is 22.5 Å². The normalized spacial score (nSPS) is 15.3. The van der Waals surface area contributed by atoms with E-state index in [1.54, 1.807) is 11.3 Å². The minimum atomic E-state index is -0.561. The van der Waals surface area contributed by atoms with Crippen LogP contribution < -0.4 is 10.6 Å². The summed E-state index contributed by atoms with van der Waals surface area (Å²) >= 11 is 1.58. The molecule has 2 aromatic heterocycles. The first kappa shape index (κ1) is 15.7. The van der Waals surface area contributed by atoms with E-state index >= 15 is 0 Å². The molecular weight excluding hydrogens is 312 g/mol. The predicted molar refractivity (Wildman–Crippen MR) is 91.8 cm³/mol. The topological polar surface area (TPSA) is 81.3 Å². The van der Waals surface area contributed by atoms with Gasteiger partial charge in [-0.15, -0.1) is 0 Å². The second-order valence-corrected chi connectivity index (χ2v) is 6.31. The lowest BCUT2D eigenvalue weighted by atomic mass is 10.2. The first-order chi connectivity index (χ1) is 11.2. The van der Waals surface area contributed by atoms with E-state index in [0.29, 0.717) is 5.69 Å². The standard InChI is InChI=1S/C16H20N4O2S/c1-22-16(21)13-14(17)19-15(20-7-4-2-3-5-8-20)12(18-13)11-6-9-23-10-11/h6,9-10H,2-5,7-8H2,1H3,(H2,17,19). The maximum atomic E-state index is 11.9. The summed E-state index contributed by atoms with van der Waals surface area (Å²) in [6.45, 7) is 1.87. The fourth-order valence-electron chi connectivity index (χ4n) is 2.78. The number of nitrogen functional groups attached to an aromatic ring is 1. The molecule has 2 aromatic rings. The second-order valence-electron chi connectivity index (χ2n) is 5.53. The van der Waals surface area contributed by atoms with Crippen LogP contribution in [-0.4, -0.2) is 36.1 Å². The van der Waals surface area contributed by atoms with E-state index in [1.165, 1.54) is 20.0 Å². The van der Waals surface area contributed by atoms with E-state index in [2.05, 4.69) is 14.9 Å². The Morgan fingerprint density at radius 3 is 2.61 bits per heavy atom. The summed E-state index contributed by atoms with van der Waals surface area (Å²) in [5.74, 6) is 0.319. The first-order valence-electron chi connectivity index (χ1n) is 7.74. The highest BCUT2D eigenvalue weighted by Crippen LogP contribution is 2.32. The summed E-state index contributed by atoms with van der Waals surface area (Å²) in [7, 11) is 1.32. The fraction of sp³-hybridized carbons (Fsp3) is 0.438. The number of rotatable bonds is 3. The van der Waals surface area contributed by atoms with Gasteiger partial charge in [-0.25, -0.2) is 14.8 Å². The fourth-order valence-corrected chi connectivity index (χ4v) is 3.42. The highest BCUT2D eigenvalue weighted by Gasteiger charge is 2.23. The van der Waals surface area contributed by atoms with E-state index in [9.17, 15) is 4.79 Å². The number of hydrogen-bond donors (Lipinski definition) is 1. The molecule has 2 N–H and O–H groups in total. The van der Waals surface area contributed by atoms with Crippen LogP contribution in [0.1, 0.15) is 36.2 Å². The van der Waals surface area contributed by atoms with Gasteiger partial charge in [-0.05, 0) is 24.3 Å². The minimum Gasteiger partial charge on any atom is -0.464 e. The molecule has 0 spiro atoms. The Hall–Kier alpha value is -2.15. The lowest BCUT2D eigenvalue weighted by Crippen LogP contribution is -2.27. The number of methoxy groups -OCH3 is 1. The van der Waals surface area contributed by atoms with Crippen molar-refractivity contribution in [2.45, 2.75) is 25.7 Å². The SMILES string of the molecule is COC(=O)c1nc(-c2ccsc2)c(N2CCCCCC2)nc1N. The molecule has 3 heterocycles. The van der Waals surface area contributed by atoms with E-state index in [1.807, 2.05) is 16.8 Å². The number of hydrogen-bond acceptors (Lipinski definition) is 7. The van der Waals surface area contributed by atoms with E-state index in [-0.39, 0.29) is 11.5 Å². The monoisotopic (exact) mass is 332 g/mol. The molecule has 1 aliphatic heterocycles. The van der Waals surface area contributed by atoms with Crippen molar-refractivity contribution in [3.63, 3.8) is 0 Å². The number of carbonyl (C=O) groups is 1. The van der Waals surface area contributed by atoms with Crippen LogP contribution in [0.15, 0.2) is 16.8 Å². The Balaban J connectivity index is 2.09. The third-order valence-electron chi connectivity index (χ3n) is 3.98. The van der Waals surface area contributed by atoms with Gasteiger partial charge in [0.15, 0.2) is 17.3 Å². The van der Waals surface area contributed by atoms with Crippen LogP contribution in [0.2, 0.25) is 0 Å². The van der Waals surface area contributed by atoms with Crippen LogP contribution in [0.3, 0.4) is 0 Å². The van der Waals surface area contributed by atoms with Crippen molar-refractivity contribution in [3.8, 4) is 11.3 Å². The molecule has 0 bridgehead atoms. The van der Waals surface area contributed by atoms with Gasteiger partial charge in [0.2, 0.25) is 0 Å². The molecule has 0 radical (unpaired) electrons. The Morgan fingerprint density at radius 2 is 2.00 bits per heavy atom. The number of ether oxygens (including phenoxy) is 1. The Labute approximate surface area is 139 Å². The highest BCUT2D eigenvalue weighted by molar-refractivity contribution is 7.08. The van der Waals surface area contributed by atoms with Gasteiger partial charge >= 0.3 is 5.97 Å². The van der Waals surface area contributed by atoms with Gasteiger partial charge in [-0.3, -0.25) is 0 Å². The predicted octanol–water partition coefficient (Wildman–Crippen LogP) is 2.95. The molecule has 6 nitrogen and oxygen atoms in total. The molecule has 0 aromatic carbocycles. The average Bonchev–Trinajstić information content (AvgIpc) is 2.96. The Kier molecular flexibility index (Phi) is 4.76. The maximum Gasteiger partial charge on any atom is 0.360 e. The summed E-state index contributed by atoms with van der Waals surface area (Å²) in [4.78, 5) is 23.1. The van der Waals surface area contributed by atoms with Crippen molar-refractivity contribution in [2.75, 3.05) is 30.8 Å². The van der Waals surface area contributed by atoms with Gasteiger partial charge in [0, 0.05) is 24.0 Å². The highest BCUT2D eigenvalue weighted by atomic mass is 32.1. The molecule has 1 fully saturated rings. The number of thiophene rings is 1. The molecule has 1 aliphatic rings. The molecule has 0 saturated carbocycles. The van der Waals surface area contributed by atoms with E-state index < -0.39 is 5.97 Å². The smallest absolute Gasteiger partial charge is 0.360 e. The molecule has 0 unspecified atom stereocenters. The van der Waals surface area contributed by atoms with Crippen LogP contribution in [0.25, 0.3) is 11.3 Å². The molecule has 0 amide bonds. The second kappa shape index (κ2) is 6.95. The van der Waals surface area contributed by atoms with Crippen molar-refractivity contribution in [2.24, 2.45) is 0 Å². The summed E-state index contributed by atoms with van der Waals surface area (Å²) in [6.07, 6.45) is 4.72. The maximum absolute atomic E-state index is 11.9. The van der Waals surface area contributed by atoms with Gasteiger partial charge in [0.25, 0.3) is 0 Å². The zero-order valence-electron chi connectivity index (χ0n) is 13.1. The molecule has 7 heteroatoms. The van der Waals surface area contributed by atoms with Crippen molar-refractivity contribution in [1.82, 2.24) is 9.97 Å². The number of aromatic nitrogens is 2. The zero-order chi connectivity index (χ0) is 16.2. The zero-order valence-corrected chi connectivity index (χ0v) is 13.9. The largest absolute Gasteiger partial charge is 0.464 e. The van der Waals surface area contributed by atoms with E-state index in [0.717, 1.165) is 37.3 Å². The summed E-state index contributed by atoms with van der Waals surface area (Å²) in [5.41, 5.74) is 7.69. The van der Waals surface area contributed by atoms with Gasteiger partial charge in [-0.2, -0.15) is 11.3 Å². The number of esters is 1. The third kappa shape index (κ3) is 3.29. The Morgan fingerprint density at radius 1 is 1.26 bits per heavy atom. The molecule has 1 saturated heterocycles. The van der Waals surface area contributed by atoms with Crippen molar-refractivity contribution < 1.29 is 9.53 Å². The number of anilines is 2. The van der Waals surface area contributed by atoms with Crippen LogP contribution in [0, 0.1) is 0 Å². The van der Waals surface area contributed by atoms with Crippen LogP contribution in [0.5, 0.6) is 0 Å². The molecule has 0 atom stereocenters. The molecule has 3 rings (SSSR count). The lowest BCUT2D eigenvalue weighted by molar-refractivity contribution is 0.0595. The third-order valence-corrected chi connectivity index (χ3v) is 4.67. The molecule has 23 heavy (non-hydrogen) atoms. The molecule has 0 aliphatic carbocycles. The quantitative estimate of drug-likeness (QED) is 0.870. The number of nitrogens with two attached hydrogens (primary N) is 1. The van der Waals surface area contributed by atoms with Crippen LogP contribution in [-0.2, 0) is 4.74 Å². The van der Waals surface area contributed by atoms with Gasteiger partial charge in [0.1, 0.15) is 5.69 Å². The lowest BCUT2D eigenvalue weighted by Gasteiger charge is -2.24. The summed E-state index contributed by atoms with van der Waals surface area (Å²) in [6, 6.07) is 1.98. The van der Waals surface area contributed by atoms with Crippen molar-refractivity contribution in [1.29, 1.82) is 0 Å². The molecule has 122 valence electrons. The average molecular weight is 332 g/mol. The first-order valence-corrected chi connectivity index (χ1v) is 8.68. The summed E-state index contributed by atoms with van der Waals surface area (Å²) in [5, 5.41) is 3.99. The number of nitrogens with zero attached hydrogens (tertiary/aromatic N) is 3. The van der Waals surface area contributed by atoms with Crippen molar-refractivity contribution >= 4 is 28.9 Å². The Bertz CT molecular complexity index is 680. The van der Waals surface area contributed by atoms with Crippen LogP contribution in [0.4, 0.5) is 11.6 Å².